The standard InChI is InChI=1S/C19H25N5O/c1-3-9-24-12-7-16-14-17(5-6-18(16)24)21-19(25)22(2)10-4-11-23-13-8-20-15-23/h5-8,12-15H,3-4,9-11H2,1-2H3,(H,21,25). The molecule has 0 saturated carbocycles. The van der Waals surface area contributed by atoms with Crippen molar-refractivity contribution in [1.29, 1.82) is 0 Å². The molecule has 0 aliphatic rings. The molecular formula is C19H25N5O. The van der Waals surface area contributed by atoms with Crippen molar-refractivity contribution >= 4 is 22.6 Å². The number of aromatic nitrogens is 3. The third kappa shape index (κ3) is 4.21. The van der Waals surface area contributed by atoms with Crippen molar-refractivity contribution < 1.29 is 4.79 Å². The van der Waals surface area contributed by atoms with Crippen LogP contribution in [0.15, 0.2) is 49.2 Å². The van der Waals surface area contributed by atoms with E-state index in [9.17, 15) is 4.79 Å². The van der Waals surface area contributed by atoms with Gasteiger partial charge in [-0.1, -0.05) is 6.92 Å². The topological polar surface area (TPSA) is 55.1 Å². The van der Waals surface area contributed by atoms with E-state index in [4.69, 9.17) is 0 Å². The second-order valence-corrected chi connectivity index (χ2v) is 6.29. The lowest BCUT2D eigenvalue weighted by atomic mass is 10.2. The van der Waals surface area contributed by atoms with E-state index in [1.54, 1.807) is 17.4 Å². The predicted octanol–water partition coefficient (Wildman–Crippen LogP) is 3.80. The zero-order valence-corrected chi connectivity index (χ0v) is 14.9. The van der Waals surface area contributed by atoms with Crippen LogP contribution in [0.25, 0.3) is 10.9 Å². The fraction of sp³-hybridized carbons (Fsp3) is 0.368. The summed E-state index contributed by atoms with van der Waals surface area (Å²) in [4.78, 5) is 18.1. The molecule has 0 atom stereocenters. The Morgan fingerprint density at radius 3 is 2.88 bits per heavy atom. The number of carbonyl (C=O) groups is 1. The number of hydrogen-bond acceptors (Lipinski definition) is 2. The quantitative estimate of drug-likeness (QED) is 0.712. The summed E-state index contributed by atoms with van der Waals surface area (Å²) < 4.78 is 4.25. The van der Waals surface area contributed by atoms with E-state index in [0.29, 0.717) is 6.54 Å². The van der Waals surface area contributed by atoms with E-state index >= 15 is 0 Å². The Morgan fingerprint density at radius 2 is 2.12 bits per heavy atom. The molecule has 0 saturated heterocycles. The molecule has 2 amide bonds. The normalized spacial score (nSPS) is 11.0. The number of hydrogen-bond donors (Lipinski definition) is 1. The summed E-state index contributed by atoms with van der Waals surface area (Å²) in [5, 5.41) is 4.12. The molecule has 1 aromatic carbocycles. The minimum absolute atomic E-state index is 0.0852. The highest BCUT2D eigenvalue weighted by molar-refractivity contribution is 5.92. The number of urea groups is 1. The minimum Gasteiger partial charge on any atom is -0.347 e. The fourth-order valence-corrected chi connectivity index (χ4v) is 2.94. The van der Waals surface area contributed by atoms with Crippen molar-refractivity contribution in [2.75, 3.05) is 18.9 Å². The second-order valence-electron chi connectivity index (χ2n) is 6.29. The number of benzene rings is 1. The number of rotatable bonds is 7. The molecule has 2 heterocycles. The number of nitrogens with one attached hydrogen (secondary N) is 1. The van der Waals surface area contributed by atoms with E-state index in [1.807, 2.05) is 29.9 Å². The van der Waals surface area contributed by atoms with Gasteiger partial charge in [-0.25, -0.2) is 9.78 Å². The van der Waals surface area contributed by atoms with Crippen molar-refractivity contribution in [2.45, 2.75) is 32.9 Å². The van der Waals surface area contributed by atoms with Crippen LogP contribution in [0.3, 0.4) is 0 Å². The Balaban J connectivity index is 1.55. The first-order valence-electron chi connectivity index (χ1n) is 8.74. The predicted molar refractivity (Wildman–Crippen MR) is 101 cm³/mol. The smallest absolute Gasteiger partial charge is 0.321 e. The molecule has 0 bridgehead atoms. The summed E-state index contributed by atoms with van der Waals surface area (Å²) in [6, 6.07) is 8.07. The Morgan fingerprint density at radius 1 is 1.24 bits per heavy atom. The summed E-state index contributed by atoms with van der Waals surface area (Å²) in [7, 11) is 1.82. The van der Waals surface area contributed by atoms with Gasteiger partial charge >= 0.3 is 6.03 Å². The zero-order chi connectivity index (χ0) is 17.6. The average Bonchev–Trinajstić information content (AvgIpc) is 3.25. The Bertz CT molecular complexity index is 822. The highest BCUT2D eigenvalue weighted by Crippen LogP contribution is 2.21. The summed E-state index contributed by atoms with van der Waals surface area (Å²) in [6.45, 7) is 4.73. The summed E-state index contributed by atoms with van der Waals surface area (Å²) in [6.07, 6.45) is 9.58. The van der Waals surface area contributed by atoms with Gasteiger partial charge in [-0.05, 0) is 37.1 Å². The molecule has 1 N–H and O–H groups in total. The molecule has 6 heteroatoms. The Kier molecular flexibility index (Phi) is 5.38. The molecule has 0 aliphatic carbocycles. The van der Waals surface area contributed by atoms with Crippen molar-refractivity contribution in [3.05, 3.63) is 49.2 Å². The summed E-state index contributed by atoms with van der Waals surface area (Å²) in [5.74, 6) is 0. The van der Waals surface area contributed by atoms with Crippen LogP contribution in [-0.4, -0.2) is 38.6 Å². The third-order valence-electron chi connectivity index (χ3n) is 4.30. The van der Waals surface area contributed by atoms with Crippen LogP contribution in [0, 0.1) is 0 Å². The first-order valence-corrected chi connectivity index (χ1v) is 8.74. The monoisotopic (exact) mass is 339 g/mol. The van der Waals surface area contributed by atoms with Crippen LogP contribution in [0.4, 0.5) is 10.5 Å². The zero-order valence-electron chi connectivity index (χ0n) is 14.9. The maximum atomic E-state index is 12.3. The van der Waals surface area contributed by atoms with E-state index in [2.05, 4.69) is 40.1 Å². The van der Waals surface area contributed by atoms with Crippen LogP contribution in [0.5, 0.6) is 0 Å². The molecule has 25 heavy (non-hydrogen) atoms. The Labute approximate surface area is 148 Å². The molecule has 6 nitrogen and oxygen atoms in total. The lowest BCUT2D eigenvalue weighted by Crippen LogP contribution is -2.32. The number of aryl methyl sites for hydroxylation is 2. The number of fused-ring (bicyclic) bond motifs is 1. The first kappa shape index (κ1) is 17.1. The highest BCUT2D eigenvalue weighted by Gasteiger charge is 2.09. The third-order valence-corrected chi connectivity index (χ3v) is 4.30. The lowest BCUT2D eigenvalue weighted by molar-refractivity contribution is 0.221. The van der Waals surface area contributed by atoms with Gasteiger partial charge in [0.05, 0.1) is 6.33 Å². The van der Waals surface area contributed by atoms with E-state index in [-0.39, 0.29) is 6.03 Å². The highest BCUT2D eigenvalue weighted by atomic mass is 16.2. The maximum absolute atomic E-state index is 12.3. The van der Waals surface area contributed by atoms with E-state index < -0.39 is 0 Å². The van der Waals surface area contributed by atoms with Crippen molar-refractivity contribution in [3.8, 4) is 0 Å². The van der Waals surface area contributed by atoms with E-state index in [1.165, 1.54) is 5.52 Å². The van der Waals surface area contributed by atoms with Gasteiger partial charge in [-0.15, -0.1) is 0 Å². The molecule has 0 radical (unpaired) electrons. The molecule has 0 unspecified atom stereocenters. The van der Waals surface area contributed by atoms with Gasteiger partial charge in [0, 0.05) is 61.9 Å². The summed E-state index contributed by atoms with van der Waals surface area (Å²) >= 11 is 0. The number of anilines is 1. The van der Waals surface area contributed by atoms with Gasteiger partial charge in [0.25, 0.3) is 0 Å². The number of amides is 2. The molecule has 0 spiro atoms. The molecular weight excluding hydrogens is 314 g/mol. The van der Waals surface area contributed by atoms with Gasteiger partial charge < -0.3 is 19.4 Å². The minimum atomic E-state index is -0.0852. The second kappa shape index (κ2) is 7.88. The molecule has 0 fully saturated rings. The number of imidazole rings is 1. The molecule has 0 aliphatic heterocycles. The largest absolute Gasteiger partial charge is 0.347 e. The van der Waals surface area contributed by atoms with Gasteiger partial charge in [-0.2, -0.15) is 0 Å². The van der Waals surface area contributed by atoms with Crippen molar-refractivity contribution in [2.24, 2.45) is 0 Å². The van der Waals surface area contributed by atoms with Crippen LogP contribution in [0.2, 0.25) is 0 Å². The first-order chi connectivity index (χ1) is 12.2. The van der Waals surface area contributed by atoms with Crippen LogP contribution in [0.1, 0.15) is 19.8 Å². The van der Waals surface area contributed by atoms with Gasteiger partial charge in [0.1, 0.15) is 0 Å². The maximum Gasteiger partial charge on any atom is 0.321 e. The number of nitrogens with zero attached hydrogens (tertiary/aromatic N) is 4. The van der Waals surface area contributed by atoms with Gasteiger partial charge in [0.2, 0.25) is 0 Å². The SMILES string of the molecule is CCCn1ccc2cc(NC(=O)N(C)CCCn3ccnc3)ccc21. The van der Waals surface area contributed by atoms with Crippen LogP contribution >= 0.6 is 0 Å². The van der Waals surface area contributed by atoms with Crippen molar-refractivity contribution in [3.63, 3.8) is 0 Å². The van der Waals surface area contributed by atoms with Crippen LogP contribution < -0.4 is 5.32 Å². The molecule has 132 valence electrons. The molecule has 3 rings (SSSR count). The van der Waals surface area contributed by atoms with Crippen LogP contribution in [-0.2, 0) is 13.1 Å². The molecule has 2 aromatic heterocycles. The van der Waals surface area contributed by atoms with Gasteiger partial charge in [-0.3, -0.25) is 0 Å². The average molecular weight is 339 g/mol. The van der Waals surface area contributed by atoms with Crippen molar-refractivity contribution in [1.82, 2.24) is 19.0 Å². The Hall–Kier alpha value is -2.76. The summed E-state index contributed by atoms with van der Waals surface area (Å²) in [5.41, 5.74) is 2.03. The molecule has 3 aromatic rings. The van der Waals surface area contributed by atoms with Gasteiger partial charge in [0.15, 0.2) is 0 Å². The van der Waals surface area contributed by atoms with E-state index in [0.717, 1.165) is 37.0 Å². The fourth-order valence-electron chi connectivity index (χ4n) is 2.94. The lowest BCUT2D eigenvalue weighted by Gasteiger charge is -2.18. The number of carbonyl (C=O) groups excluding carboxylic acids is 1.